The first kappa shape index (κ1) is 11.0. The third-order valence-corrected chi connectivity index (χ3v) is 4.15. The molecule has 3 atom stereocenters. The van der Waals surface area contributed by atoms with Crippen molar-refractivity contribution in [1.82, 2.24) is 14.9 Å². The standard InChI is InChI=1S/C14H21N3/c1(6-17-7-5-16-11-17)4-15-10-14-9-12-2-3-13(14)8-12/h2-3,5,7,11-15H,1,4,6,8-10H2. The summed E-state index contributed by atoms with van der Waals surface area (Å²) in [6.07, 6.45) is 14.6. The van der Waals surface area contributed by atoms with E-state index < -0.39 is 0 Å². The average Bonchev–Trinajstić information content (AvgIpc) is 3.05. The van der Waals surface area contributed by atoms with Gasteiger partial charge in [0, 0.05) is 18.9 Å². The number of rotatable bonds is 6. The summed E-state index contributed by atoms with van der Waals surface area (Å²) in [4.78, 5) is 4.04. The second kappa shape index (κ2) is 5.05. The SMILES string of the molecule is C1=CC2CC1CC2CNCCCn1ccnc1. The van der Waals surface area contributed by atoms with Gasteiger partial charge in [0.1, 0.15) is 0 Å². The van der Waals surface area contributed by atoms with Gasteiger partial charge in [-0.2, -0.15) is 0 Å². The number of nitrogens with one attached hydrogen (secondary N) is 1. The van der Waals surface area contributed by atoms with Crippen LogP contribution < -0.4 is 5.32 Å². The van der Waals surface area contributed by atoms with Crippen LogP contribution in [0.5, 0.6) is 0 Å². The molecule has 0 aliphatic heterocycles. The van der Waals surface area contributed by atoms with Gasteiger partial charge in [0.25, 0.3) is 0 Å². The van der Waals surface area contributed by atoms with E-state index in [-0.39, 0.29) is 0 Å². The fourth-order valence-corrected chi connectivity index (χ4v) is 3.22. The van der Waals surface area contributed by atoms with Crippen LogP contribution in [-0.2, 0) is 6.54 Å². The monoisotopic (exact) mass is 231 g/mol. The number of nitrogens with zero attached hydrogens (tertiary/aromatic N) is 2. The molecule has 3 heteroatoms. The van der Waals surface area contributed by atoms with Crippen LogP contribution in [-0.4, -0.2) is 22.6 Å². The van der Waals surface area contributed by atoms with E-state index in [1.165, 1.54) is 25.8 Å². The van der Waals surface area contributed by atoms with E-state index in [9.17, 15) is 0 Å². The van der Waals surface area contributed by atoms with Crippen molar-refractivity contribution >= 4 is 0 Å². The molecule has 1 fully saturated rings. The van der Waals surface area contributed by atoms with E-state index in [2.05, 4.69) is 27.0 Å². The highest BCUT2D eigenvalue weighted by Gasteiger charge is 2.34. The molecule has 0 radical (unpaired) electrons. The molecule has 2 aliphatic carbocycles. The number of hydrogen-bond donors (Lipinski definition) is 1. The zero-order valence-electron chi connectivity index (χ0n) is 10.3. The van der Waals surface area contributed by atoms with E-state index >= 15 is 0 Å². The Morgan fingerprint density at radius 2 is 2.29 bits per heavy atom. The third-order valence-electron chi connectivity index (χ3n) is 4.15. The van der Waals surface area contributed by atoms with Crippen molar-refractivity contribution in [3.05, 3.63) is 30.9 Å². The van der Waals surface area contributed by atoms with Crippen molar-refractivity contribution in [3.63, 3.8) is 0 Å². The fraction of sp³-hybridized carbons (Fsp3) is 0.643. The van der Waals surface area contributed by atoms with E-state index in [0.29, 0.717) is 0 Å². The minimum absolute atomic E-state index is 0.876. The zero-order valence-corrected chi connectivity index (χ0v) is 10.3. The number of fused-ring (bicyclic) bond motifs is 2. The molecule has 1 saturated carbocycles. The Hall–Kier alpha value is -1.09. The van der Waals surface area contributed by atoms with Crippen molar-refractivity contribution in [1.29, 1.82) is 0 Å². The minimum atomic E-state index is 0.876. The lowest BCUT2D eigenvalue weighted by molar-refractivity contribution is 0.410. The Morgan fingerprint density at radius 3 is 3.00 bits per heavy atom. The number of hydrogen-bond acceptors (Lipinski definition) is 2. The summed E-state index contributed by atoms with van der Waals surface area (Å²) in [5.41, 5.74) is 0. The maximum Gasteiger partial charge on any atom is 0.0945 e. The van der Waals surface area contributed by atoms with E-state index in [4.69, 9.17) is 0 Å². The summed E-state index contributed by atoms with van der Waals surface area (Å²) in [5.74, 6) is 2.68. The molecular weight excluding hydrogens is 210 g/mol. The molecule has 1 heterocycles. The number of aromatic nitrogens is 2. The summed E-state index contributed by atoms with van der Waals surface area (Å²) >= 11 is 0. The molecule has 92 valence electrons. The molecule has 3 nitrogen and oxygen atoms in total. The van der Waals surface area contributed by atoms with Gasteiger partial charge in [-0.25, -0.2) is 4.98 Å². The summed E-state index contributed by atoms with van der Waals surface area (Å²) in [7, 11) is 0. The van der Waals surface area contributed by atoms with E-state index in [0.717, 1.165) is 30.8 Å². The maximum atomic E-state index is 4.04. The summed E-state index contributed by atoms with van der Waals surface area (Å²) in [6, 6.07) is 0. The molecule has 0 amide bonds. The van der Waals surface area contributed by atoms with Crippen LogP contribution in [0.2, 0.25) is 0 Å². The molecule has 3 unspecified atom stereocenters. The Bertz CT molecular complexity index is 369. The van der Waals surface area contributed by atoms with E-state index in [1.807, 2.05) is 18.7 Å². The highest BCUT2D eigenvalue weighted by Crippen LogP contribution is 2.42. The number of aryl methyl sites for hydroxylation is 1. The number of imidazole rings is 1. The Morgan fingerprint density at radius 1 is 1.29 bits per heavy atom. The predicted molar refractivity (Wildman–Crippen MR) is 68.6 cm³/mol. The normalized spacial score (nSPS) is 30.2. The molecule has 17 heavy (non-hydrogen) atoms. The average molecular weight is 231 g/mol. The zero-order chi connectivity index (χ0) is 11.5. The number of allylic oxidation sites excluding steroid dienone is 2. The maximum absolute atomic E-state index is 4.04. The third kappa shape index (κ3) is 2.60. The van der Waals surface area contributed by atoms with Crippen LogP contribution in [0.3, 0.4) is 0 Å². The van der Waals surface area contributed by atoms with Gasteiger partial charge < -0.3 is 9.88 Å². The first-order valence-corrected chi connectivity index (χ1v) is 6.76. The lowest BCUT2D eigenvalue weighted by Crippen LogP contribution is -2.26. The van der Waals surface area contributed by atoms with Crippen molar-refractivity contribution in [2.24, 2.45) is 17.8 Å². The smallest absolute Gasteiger partial charge is 0.0945 e. The van der Waals surface area contributed by atoms with Gasteiger partial charge in [0.15, 0.2) is 0 Å². The predicted octanol–water partition coefficient (Wildman–Crippen LogP) is 2.08. The van der Waals surface area contributed by atoms with Crippen LogP contribution in [0, 0.1) is 17.8 Å². The van der Waals surface area contributed by atoms with Crippen LogP contribution in [0.1, 0.15) is 19.3 Å². The Kier molecular flexibility index (Phi) is 3.27. The Balaban J connectivity index is 1.30. The molecule has 1 aromatic heterocycles. The topological polar surface area (TPSA) is 29.9 Å². The van der Waals surface area contributed by atoms with Gasteiger partial charge in [0.05, 0.1) is 6.33 Å². The summed E-state index contributed by atoms with van der Waals surface area (Å²) in [6.45, 7) is 3.40. The van der Waals surface area contributed by atoms with Crippen molar-refractivity contribution in [2.75, 3.05) is 13.1 Å². The lowest BCUT2D eigenvalue weighted by Gasteiger charge is -2.18. The van der Waals surface area contributed by atoms with Gasteiger partial charge in [-0.15, -0.1) is 0 Å². The van der Waals surface area contributed by atoms with Gasteiger partial charge in [-0.3, -0.25) is 0 Å². The molecular formula is C14H21N3. The molecule has 2 aliphatic rings. The van der Waals surface area contributed by atoms with Gasteiger partial charge >= 0.3 is 0 Å². The highest BCUT2D eigenvalue weighted by molar-refractivity contribution is 5.10. The van der Waals surface area contributed by atoms with Gasteiger partial charge in [-0.1, -0.05) is 12.2 Å². The molecule has 2 bridgehead atoms. The second-order valence-electron chi connectivity index (χ2n) is 5.40. The first-order chi connectivity index (χ1) is 8.42. The molecule has 0 saturated heterocycles. The molecule has 1 aromatic rings. The lowest BCUT2D eigenvalue weighted by atomic mass is 9.94. The van der Waals surface area contributed by atoms with Crippen LogP contribution in [0.25, 0.3) is 0 Å². The minimum Gasteiger partial charge on any atom is -0.337 e. The van der Waals surface area contributed by atoms with Gasteiger partial charge in [-0.05, 0) is 50.1 Å². The molecule has 0 spiro atoms. The van der Waals surface area contributed by atoms with Crippen molar-refractivity contribution in [2.45, 2.75) is 25.8 Å². The van der Waals surface area contributed by atoms with Crippen LogP contribution >= 0.6 is 0 Å². The molecule has 3 rings (SSSR count). The quantitative estimate of drug-likeness (QED) is 0.600. The molecule has 0 aromatic carbocycles. The van der Waals surface area contributed by atoms with Crippen molar-refractivity contribution in [3.8, 4) is 0 Å². The molecule has 1 N–H and O–H groups in total. The van der Waals surface area contributed by atoms with Crippen molar-refractivity contribution < 1.29 is 0 Å². The van der Waals surface area contributed by atoms with E-state index in [1.54, 1.807) is 0 Å². The summed E-state index contributed by atoms with van der Waals surface area (Å²) in [5, 5.41) is 3.61. The highest BCUT2D eigenvalue weighted by atomic mass is 15.0. The van der Waals surface area contributed by atoms with Crippen LogP contribution in [0.4, 0.5) is 0 Å². The Labute approximate surface area is 103 Å². The summed E-state index contributed by atoms with van der Waals surface area (Å²) < 4.78 is 2.14. The van der Waals surface area contributed by atoms with Gasteiger partial charge in [0.2, 0.25) is 0 Å². The first-order valence-electron chi connectivity index (χ1n) is 6.76. The van der Waals surface area contributed by atoms with Crippen LogP contribution in [0.15, 0.2) is 30.9 Å². The largest absolute Gasteiger partial charge is 0.337 e. The second-order valence-corrected chi connectivity index (χ2v) is 5.40. The fourth-order valence-electron chi connectivity index (χ4n) is 3.22.